The summed E-state index contributed by atoms with van der Waals surface area (Å²) in [6.07, 6.45) is 1.92. The van der Waals surface area contributed by atoms with E-state index in [4.69, 9.17) is 9.97 Å². The molecule has 3 aromatic carbocycles. The molecular formula is C21H22N2. The first-order valence-corrected chi connectivity index (χ1v) is 7.62. The first-order chi connectivity index (χ1) is 10.6. The number of benzene rings is 3. The predicted molar refractivity (Wildman–Crippen MR) is 100.0 cm³/mol. The maximum absolute atomic E-state index is 4.96. The Morgan fingerprint density at radius 1 is 0.696 bits per heavy atom. The quantitative estimate of drug-likeness (QED) is 0.380. The summed E-state index contributed by atoms with van der Waals surface area (Å²) in [5.74, 6) is 0. The number of aromatic nitrogens is 2. The van der Waals surface area contributed by atoms with E-state index < -0.39 is 0 Å². The second-order valence-corrected chi connectivity index (χ2v) is 6.79. The molecule has 0 aliphatic heterocycles. The van der Waals surface area contributed by atoms with Crippen LogP contribution in [-0.4, -0.2) is 9.97 Å². The van der Waals surface area contributed by atoms with Crippen LogP contribution < -0.4 is 0 Å². The molecule has 4 aromatic rings. The maximum Gasteiger partial charge on any atom is 0.0975 e. The third-order valence-corrected chi connectivity index (χ3v) is 4.20. The minimum Gasteiger partial charge on any atom is -0.252 e. The second kappa shape index (κ2) is 5.31. The predicted octanol–water partition coefficient (Wildman–Crippen LogP) is 5.87. The monoisotopic (exact) mass is 302 g/mol. The van der Waals surface area contributed by atoms with Crippen molar-refractivity contribution in [3.8, 4) is 0 Å². The third-order valence-electron chi connectivity index (χ3n) is 4.20. The van der Waals surface area contributed by atoms with Gasteiger partial charge in [0, 0.05) is 22.4 Å². The summed E-state index contributed by atoms with van der Waals surface area (Å²) in [5, 5.41) is 4.83. The van der Waals surface area contributed by atoms with Gasteiger partial charge in [0.25, 0.3) is 0 Å². The van der Waals surface area contributed by atoms with Crippen molar-refractivity contribution >= 4 is 32.6 Å². The number of nitrogens with zero attached hydrogens (tertiary/aromatic N) is 2. The van der Waals surface area contributed by atoms with Crippen LogP contribution in [0.3, 0.4) is 0 Å². The first kappa shape index (κ1) is 15.4. The smallest absolute Gasteiger partial charge is 0.0975 e. The summed E-state index contributed by atoms with van der Waals surface area (Å²) in [5.41, 5.74) is 3.01. The minimum absolute atomic E-state index is 0. The third kappa shape index (κ3) is 2.35. The highest BCUT2D eigenvalue weighted by atomic mass is 14.8. The standard InChI is InChI=1S/C20H18N2.CH4/c1-20(2,3)17-12-21-18-15-10-6-4-8-13(15)14-9-5-7-11-16(14)19(18)22-17;/h4-12H,1-3H3;1H4. The average Bonchev–Trinajstić information content (AvgIpc) is 2.54. The van der Waals surface area contributed by atoms with Gasteiger partial charge in [0.2, 0.25) is 0 Å². The Balaban J connectivity index is 0.00000156. The van der Waals surface area contributed by atoms with Gasteiger partial charge in [-0.05, 0) is 10.8 Å². The molecule has 0 radical (unpaired) electrons. The largest absolute Gasteiger partial charge is 0.252 e. The minimum atomic E-state index is -0.00601. The molecule has 4 rings (SSSR count). The number of fused-ring (bicyclic) bond motifs is 6. The van der Waals surface area contributed by atoms with Crippen LogP contribution in [0.1, 0.15) is 33.9 Å². The lowest BCUT2D eigenvalue weighted by atomic mass is 9.92. The number of rotatable bonds is 0. The molecule has 116 valence electrons. The van der Waals surface area contributed by atoms with Gasteiger partial charge >= 0.3 is 0 Å². The molecule has 0 atom stereocenters. The van der Waals surface area contributed by atoms with E-state index in [2.05, 4.69) is 69.3 Å². The highest BCUT2D eigenvalue weighted by Gasteiger charge is 2.18. The van der Waals surface area contributed by atoms with Gasteiger partial charge in [0.05, 0.1) is 16.7 Å². The van der Waals surface area contributed by atoms with Crippen molar-refractivity contribution < 1.29 is 0 Å². The van der Waals surface area contributed by atoms with Crippen LogP contribution >= 0.6 is 0 Å². The summed E-state index contributed by atoms with van der Waals surface area (Å²) in [4.78, 5) is 9.73. The molecular weight excluding hydrogens is 280 g/mol. The van der Waals surface area contributed by atoms with Crippen LogP contribution in [0.2, 0.25) is 0 Å². The number of hydrogen-bond acceptors (Lipinski definition) is 2. The summed E-state index contributed by atoms with van der Waals surface area (Å²) in [6.45, 7) is 6.52. The molecule has 0 unspecified atom stereocenters. The zero-order valence-electron chi connectivity index (χ0n) is 13.1. The molecule has 0 N–H and O–H groups in total. The van der Waals surface area contributed by atoms with Gasteiger partial charge in [-0.3, -0.25) is 4.98 Å². The van der Waals surface area contributed by atoms with Crippen LogP contribution in [0.5, 0.6) is 0 Å². The molecule has 0 aliphatic carbocycles. The molecule has 0 spiro atoms. The van der Waals surface area contributed by atoms with Crippen molar-refractivity contribution in [3.05, 3.63) is 60.4 Å². The van der Waals surface area contributed by atoms with Crippen LogP contribution in [0.25, 0.3) is 32.6 Å². The zero-order chi connectivity index (χ0) is 15.3. The Labute approximate surface area is 137 Å². The zero-order valence-corrected chi connectivity index (χ0v) is 13.1. The van der Waals surface area contributed by atoms with Gasteiger partial charge < -0.3 is 0 Å². The molecule has 0 saturated heterocycles. The van der Waals surface area contributed by atoms with Gasteiger partial charge in [-0.2, -0.15) is 0 Å². The van der Waals surface area contributed by atoms with E-state index in [1.807, 2.05) is 6.20 Å². The van der Waals surface area contributed by atoms with Gasteiger partial charge in [-0.15, -0.1) is 0 Å². The van der Waals surface area contributed by atoms with Crippen molar-refractivity contribution in [1.29, 1.82) is 0 Å². The van der Waals surface area contributed by atoms with Crippen LogP contribution in [0.15, 0.2) is 54.7 Å². The molecule has 23 heavy (non-hydrogen) atoms. The SMILES string of the molecule is C.CC(C)(C)c1cnc2c3ccccc3c3ccccc3c2n1. The van der Waals surface area contributed by atoms with Crippen LogP contribution in [0, 0.1) is 0 Å². The fourth-order valence-corrected chi connectivity index (χ4v) is 2.98. The van der Waals surface area contributed by atoms with Gasteiger partial charge in [-0.1, -0.05) is 76.7 Å². The fraction of sp³-hybridized carbons (Fsp3) is 0.238. The molecule has 2 nitrogen and oxygen atoms in total. The summed E-state index contributed by atoms with van der Waals surface area (Å²) >= 11 is 0. The van der Waals surface area contributed by atoms with Gasteiger partial charge in [0.15, 0.2) is 0 Å². The highest BCUT2D eigenvalue weighted by molar-refractivity contribution is 6.22. The van der Waals surface area contributed by atoms with E-state index in [0.29, 0.717) is 0 Å². The molecule has 0 bridgehead atoms. The molecule has 0 fully saturated rings. The molecule has 1 heterocycles. The van der Waals surface area contributed by atoms with Crippen LogP contribution in [-0.2, 0) is 5.41 Å². The lowest BCUT2D eigenvalue weighted by molar-refractivity contribution is 0.569. The lowest BCUT2D eigenvalue weighted by Crippen LogP contribution is -2.14. The molecule has 0 amide bonds. The van der Waals surface area contributed by atoms with Crippen molar-refractivity contribution in [2.75, 3.05) is 0 Å². The Hall–Kier alpha value is -2.48. The van der Waals surface area contributed by atoms with Crippen molar-refractivity contribution in [2.24, 2.45) is 0 Å². The van der Waals surface area contributed by atoms with Crippen molar-refractivity contribution in [1.82, 2.24) is 9.97 Å². The van der Waals surface area contributed by atoms with E-state index in [-0.39, 0.29) is 12.8 Å². The van der Waals surface area contributed by atoms with E-state index in [1.165, 1.54) is 21.5 Å². The Morgan fingerprint density at radius 3 is 1.70 bits per heavy atom. The average molecular weight is 302 g/mol. The van der Waals surface area contributed by atoms with E-state index in [1.54, 1.807) is 0 Å². The normalized spacial score (nSPS) is 11.8. The first-order valence-electron chi connectivity index (χ1n) is 7.62. The summed E-state index contributed by atoms with van der Waals surface area (Å²) < 4.78 is 0. The van der Waals surface area contributed by atoms with Gasteiger partial charge in [0.1, 0.15) is 0 Å². The van der Waals surface area contributed by atoms with Crippen molar-refractivity contribution in [2.45, 2.75) is 33.6 Å². The Bertz CT molecular complexity index is 975. The van der Waals surface area contributed by atoms with E-state index in [0.717, 1.165) is 16.7 Å². The van der Waals surface area contributed by atoms with E-state index in [9.17, 15) is 0 Å². The Morgan fingerprint density at radius 2 is 1.17 bits per heavy atom. The highest BCUT2D eigenvalue weighted by Crippen LogP contribution is 2.33. The molecule has 0 aliphatic rings. The molecule has 0 saturated carbocycles. The Kier molecular flexibility index (Phi) is 3.56. The van der Waals surface area contributed by atoms with Crippen LogP contribution in [0.4, 0.5) is 0 Å². The lowest BCUT2D eigenvalue weighted by Gasteiger charge is -2.18. The summed E-state index contributed by atoms with van der Waals surface area (Å²) in [6, 6.07) is 16.9. The molecule has 1 aromatic heterocycles. The van der Waals surface area contributed by atoms with E-state index >= 15 is 0 Å². The number of hydrogen-bond donors (Lipinski definition) is 0. The van der Waals surface area contributed by atoms with Gasteiger partial charge in [-0.25, -0.2) is 4.98 Å². The fourth-order valence-electron chi connectivity index (χ4n) is 2.98. The summed E-state index contributed by atoms with van der Waals surface area (Å²) in [7, 11) is 0. The second-order valence-electron chi connectivity index (χ2n) is 6.79. The maximum atomic E-state index is 4.96. The molecule has 2 heteroatoms. The van der Waals surface area contributed by atoms with Crippen molar-refractivity contribution in [3.63, 3.8) is 0 Å². The topological polar surface area (TPSA) is 25.8 Å².